The lowest BCUT2D eigenvalue weighted by Gasteiger charge is -2.27. The van der Waals surface area contributed by atoms with Crippen molar-refractivity contribution in [2.24, 2.45) is 0 Å². The van der Waals surface area contributed by atoms with Gasteiger partial charge in [0.2, 0.25) is 0 Å². The van der Waals surface area contributed by atoms with E-state index in [0.717, 1.165) is 0 Å². The van der Waals surface area contributed by atoms with Gasteiger partial charge in [0.25, 0.3) is 0 Å². The molecule has 1 aliphatic heterocycles. The average molecular weight is 439 g/mol. The van der Waals surface area contributed by atoms with Crippen LogP contribution in [0.3, 0.4) is 0 Å². The predicted molar refractivity (Wildman–Crippen MR) is 114 cm³/mol. The van der Waals surface area contributed by atoms with Crippen LogP contribution >= 0.6 is 0 Å². The highest BCUT2D eigenvalue weighted by atomic mass is 19.1. The number of phenols is 1. The molecule has 166 valence electrons. The van der Waals surface area contributed by atoms with Crippen molar-refractivity contribution in [1.82, 2.24) is 0 Å². The van der Waals surface area contributed by atoms with Crippen molar-refractivity contribution < 1.29 is 33.6 Å². The lowest BCUT2D eigenvalue weighted by Crippen LogP contribution is -2.38. The van der Waals surface area contributed by atoms with Crippen molar-refractivity contribution in [3.8, 4) is 17.2 Å². The molecular weight excluding hydrogens is 417 g/mol. The number of ether oxygens (including phenoxy) is 3. The monoisotopic (exact) mass is 439 g/mol. The van der Waals surface area contributed by atoms with Gasteiger partial charge in [-0.05, 0) is 66.2 Å². The molecule has 4 rings (SSSR count). The Morgan fingerprint density at radius 1 is 1.00 bits per heavy atom. The summed E-state index contributed by atoms with van der Waals surface area (Å²) < 4.78 is 29.7. The molecule has 0 aliphatic carbocycles. The largest absolute Gasteiger partial charge is 0.508 e. The van der Waals surface area contributed by atoms with E-state index in [2.05, 4.69) is 0 Å². The second-order valence-corrected chi connectivity index (χ2v) is 7.29. The smallest absolute Gasteiger partial charge is 0.415 e. The van der Waals surface area contributed by atoms with Gasteiger partial charge in [0, 0.05) is 5.69 Å². The zero-order chi connectivity index (χ0) is 22.7. The van der Waals surface area contributed by atoms with Gasteiger partial charge in [-0.2, -0.15) is 0 Å². The first-order chi connectivity index (χ1) is 15.5. The number of anilines is 1. The van der Waals surface area contributed by atoms with Gasteiger partial charge in [0.15, 0.2) is 6.10 Å². The molecule has 3 unspecified atom stereocenters. The molecule has 1 amide bonds. The van der Waals surface area contributed by atoms with Crippen molar-refractivity contribution >= 4 is 11.8 Å². The fourth-order valence-corrected chi connectivity index (χ4v) is 3.61. The number of carbonyl (C=O) groups is 1. The Morgan fingerprint density at radius 3 is 2.25 bits per heavy atom. The van der Waals surface area contributed by atoms with Crippen LogP contribution in [-0.2, 0) is 4.74 Å². The molecule has 3 aromatic carbocycles. The first kappa shape index (κ1) is 21.5. The normalized spacial score (nSPS) is 18.8. The van der Waals surface area contributed by atoms with Crippen LogP contribution in [0.4, 0.5) is 14.9 Å². The first-order valence-electron chi connectivity index (χ1n) is 9.95. The minimum absolute atomic E-state index is 0.0623. The Kier molecular flexibility index (Phi) is 6.13. The molecule has 3 aromatic rings. The third-order valence-electron chi connectivity index (χ3n) is 5.22. The predicted octanol–water partition coefficient (Wildman–Crippen LogP) is 4.05. The highest BCUT2D eigenvalue weighted by molar-refractivity contribution is 5.91. The summed E-state index contributed by atoms with van der Waals surface area (Å²) in [6.07, 6.45) is -2.80. The number of hydrogen-bond acceptors (Lipinski definition) is 6. The Labute approximate surface area is 184 Å². The molecule has 0 radical (unpaired) electrons. The van der Waals surface area contributed by atoms with E-state index in [-0.39, 0.29) is 12.4 Å². The number of nitrogens with zero attached hydrogens (tertiary/aromatic N) is 1. The molecule has 1 fully saturated rings. The van der Waals surface area contributed by atoms with E-state index in [1.807, 2.05) is 0 Å². The van der Waals surface area contributed by atoms with Crippen LogP contribution in [0.15, 0.2) is 72.8 Å². The van der Waals surface area contributed by atoms with Crippen molar-refractivity contribution in [2.75, 3.05) is 18.6 Å². The summed E-state index contributed by atoms with van der Waals surface area (Å²) in [5.41, 5.74) is 1.05. The molecule has 0 bridgehead atoms. The molecule has 1 aliphatic rings. The fraction of sp³-hybridized carbons (Fsp3) is 0.208. The SMILES string of the molecule is COc1ccc(OCC(O)C2OC(=O)N(c3ccc(F)cc3)C2c2ccc(O)cc2)cc1. The van der Waals surface area contributed by atoms with Crippen LogP contribution in [0.2, 0.25) is 0 Å². The van der Waals surface area contributed by atoms with Gasteiger partial charge in [0.1, 0.15) is 41.8 Å². The van der Waals surface area contributed by atoms with Crippen LogP contribution in [0.25, 0.3) is 0 Å². The number of halogens is 1. The van der Waals surface area contributed by atoms with Gasteiger partial charge in [0.05, 0.1) is 7.11 Å². The number of carbonyl (C=O) groups excluding carboxylic acids is 1. The Bertz CT molecular complexity index is 1060. The van der Waals surface area contributed by atoms with Crippen LogP contribution in [-0.4, -0.2) is 42.2 Å². The second kappa shape index (κ2) is 9.15. The summed E-state index contributed by atoms with van der Waals surface area (Å²) in [7, 11) is 1.56. The molecule has 2 N–H and O–H groups in total. The lowest BCUT2D eigenvalue weighted by atomic mass is 9.96. The van der Waals surface area contributed by atoms with Crippen molar-refractivity contribution in [3.05, 3.63) is 84.2 Å². The number of hydrogen-bond donors (Lipinski definition) is 2. The zero-order valence-electron chi connectivity index (χ0n) is 17.2. The Hall–Kier alpha value is -3.78. The topological polar surface area (TPSA) is 88.5 Å². The summed E-state index contributed by atoms with van der Waals surface area (Å²) in [6, 6.07) is 17.8. The van der Waals surface area contributed by atoms with E-state index < -0.39 is 30.2 Å². The van der Waals surface area contributed by atoms with E-state index in [1.165, 1.54) is 41.3 Å². The van der Waals surface area contributed by atoms with Gasteiger partial charge in [-0.1, -0.05) is 12.1 Å². The van der Waals surface area contributed by atoms with Crippen molar-refractivity contribution in [2.45, 2.75) is 18.2 Å². The van der Waals surface area contributed by atoms with E-state index >= 15 is 0 Å². The maximum absolute atomic E-state index is 13.4. The highest BCUT2D eigenvalue weighted by Gasteiger charge is 2.47. The van der Waals surface area contributed by atoms with E-state index in [0.29, 0.717) is 22.7 Å². The number of aliphatic hydroxyl groups excluding tert-OH is 1. The van der Waals surface area contributed by atoms with E-state index in [1.54, 1.807) is 43.5 Å². The quantitative estimate of drug-likeness (QED) is 0.578. The number of phenolic OH excluding ortho intramolecular Hbond substituents is 1. The fourth-order valence-electron chi connectivity index (χ4n) is 3.61. The van der Waals surface area contributed by atoms with Crippen LogP contribution in [0.1, 0.15) is 11.6 Å². The van der Waals surface area contributed by atoms with Gasteiger partial charge in [-0.25, -0.2) is 9.18 Å². The number of rotatable bonds is 7. The average Bonchev–Trinajstić information content (AvgIpc) is 3.16. The van der Waals surface area contributed by atoms with Crippen LogP contribution in [0.5, 0.6) is 17.2 Å². The third kappa shape index (κ3) is 4.45. The molecule has 3 atom stereocenters. The Morgan fingerprint density at radius 2 is 1.62 bits per heavy atom. The number of benzene rings is 3. The molecule has 7 nitrogen and oxygen atoms in total. The van der Waals surface area contributed by atoms with Crippen LogP contribution in [0, 0.1) is 5.82 Å². The zero-order valence-corrected chi connectivity index (χ0v) is 17.2. The summed E-state index contributed by atoms with van der Waals surface area (Å²) >= 11 is 0. The maximum Gasteiger partial charge on any atom is 0.415 e. The number of aromatic hydroxyl groups is 1. The van der Waals surface area contributed by atoms with Crippen molar-refractivity contribution in [1.29, 1.82) is 0 Å². The van der Waals surface area contributed by atoms with Gasteiger partial charge >= 0.3 is 6.09 Å². The highest BCUT2D eigenvalue weighted by Crippen LogP contribution is 2.39. The van der Waals surface area contributed by atoms with Gasteiger partial charge in [-0.3, -0.25) is 4.90 Å². The maximum atomic E-state index is 13.4. The molecule has 0 saturated carbocycles. The molecule has 32 heavy (non-hydrogen) atoms. The van der Waals surface area contributed by atoms with Gasteiger partial charge in [-0.15, -0.1) is 0 Å². The number of methoxy groups -OCH3 is 1. The summed E-state index contributed by atoms with van der Waals surface area (Å²) in [5, 5.41) is 20.5. The lowest BCUT2D eigenvalue weighted by molar-refractivity contribution is -0.00647. The third-order valence-corrected chi connectivity index (χ3v) is 5.22. The van der Waals surface area contributed by atoms with Crippen molar-refractivity contribution in [3.63, 3.8) is 0 Å². The molecule has 8 heteroatoms. The Balaban J connectivity index is 1.59. The van der Waals surface area contributed by atoms with E-state index in [4.69, 9.17) is 14.2 Å². The minimum atomic E-state index is -1.16. The first-order valence-corrected chi connectivity index (χ1v) is 9.95. The summed E-state index contributed by atoms with van der Waals surface area (Å²) in [5.74, 6) is 0.815. The standard InChI is InChI=1S/C24H22FNO6/c1-30-19-10-12-20(13-11-19)31-14-21(28)23-22(15-2-8-18(27)9-3-15)26(24(29)32-23)17-6-4-16(25)5-7-17/h2-13,21-23,27-28H,14H2,1H3. The summed E-state index contributed by atoms with van der Waals surface area (Å²) in [4.78, 5) is 14.1. The molecule has 1 saturated heterocycles. The molecule has 0 spiro atoms. The summed E-state index contributed by atoms with van der Waals surface area (Å²) in [6.45, 7) is -0.129. The van der Waals surface area contributed by atoms with E-state index in [9.17, 15) is 19.4 Å². The molecule has 1 heterocycles. The molecular formula is C24H22FNO6. The van der Waals surface area contributed by atoms with Crippen LogP contribution < -0.4 is 14.4 Å². The second-order valence-electron chi connectivity index (χ2n) is 7.29. The number of cyclic esters (lactones) is 1. The number of amides is 1. The number of aliphatic hydroxyl groups is 1. The minimum Gasteiger partial charge on any atom is -0.508 e. The molecule has 0 aromatic heterocycles. The van der Waals surface area contributed by atoms with Gasteiger partial charge < -0.3 is 24.4 Å².